The second-order valence-corrected chi connectivity index (χ2v) is 10.2. The van der Waals surface area contributed by atoms with E-state index in [1.807, 2.05) is 66.7 Å². The van der Waals surface area contributed by atoms with Crippen LogP contribution in [-0.2, 0) is 0 Å². The maximum absolute atomic E-state index is 6.95. The van der Waals surface area contributed by atoms with Crippen molar-refractivity contribution in [3.8, 4) is 34.2 Å². The fourth-order valence-corrected chi connectivity index (χ4v) is 5.65. The number of nitrogens with zero attached hydrogens (tertiary/aromatic N) is 3. The SMILES string of the molecule is Clc1ccc2oc3cc4ccccc4cc3c2c1-c1nc(-c2ccccc2)nc(-c2ccc3ccccc3c2)n1. The van der Waals surface area contributed by atoms with Gasteiger partial charge in [-0.15, -0.1) is 0 Å². The summed E-state index contributed by atoms with van der Waals surface area (Å²) in [6.45, 7) is 0. The molecule has 0 aliphatic heterocycles. The van der Waals surface area contributed by atoms with Gasteiger partial charge < -0.3 is 4.42 Å². The molecule has 4 nitrogen and oxygen atoms in total. The van der Waals surface area contributed by atoms with Crippen LogP contribution in [0.15, 0.2) is 126 Å². The number of benzene rings is 6. The lowest BCUT2D eigenvalue weighted by Crippen LogP contribution is -2.01. The van der Waals surface area contributed by atoms with Gasteiger partial charge in [0.15, 0.2) is 17.5 Å². The van der Waals surface area contributed by atoms with Crippen LogP contribution in [-0.4, -0.2) is 15.0 Å². The summed E-state index contributed by atoms with van der Waals surface area (Å²) in [5, 5.41) is 6.94. The van der Waals surface area contributed by atoms with Crippen molar-refractivity contribution in [3.05, 3.63) is 126 Å². The van der Waals surface area contributed by atoms with Crippen LogP contribution in [0, 0.1) is 0 Å². The monoisotopic (exact) mass is 533 g/mol. The van der Waals surface area contributed by atoms with E-state index in [1.54, 1.807) is 0 Å². The fraction of sp³-hybridized carbons (Fsp3) is 0. The summed E-state index contributed by atoms with van der Waals surface area (Å²) >= 11 is 6.95. The molecular formula is C35H20ClN3O. The molecule has 0 spiro atoms. The van der Waals surface area contributed by atoms with Crippen LogP contribution in [0.2, 0.25) is 5.02 Å². The Morgan fingerprint density at radius 2 is 1.10 bits per heavy atom. The summed E-state index contributed by atoms with van der Waals surface area (Å²) in [4.78, 5) is 14.9. The molecule has 8 aromatic rings. The van der Waals surface area contributed by atoms with Crippen LogP contribution >= 0.6 is 11.6 Å². The Bertz CT molecular complexity index is 2240. The molecular weight excluding hydrogens is 514 g/mol. The van der Waals surface area contributed by atoms with Crippen LogP contribution < -0.4 is 0 Å². The van der Waals surface area contributed by atoms with Gasteiger partial charge in [-0.05, 0) is 51.9 Å². The number of hydrogen-bond donors (Lipinski definition) is 0. The van der Waals surface area contributed by atoms with Crippen LogP contribution in [0.1, 0.15) is 0 Å². The molecule has 0 aliphatic rings. The summed E-state index contributed by atoms with van der Waals surface area (Å²) in [6, 6.07) is 40.7. The lowest BCUT2D eigenvalue weighted by Gasteiger charge is -2.11. The highest BCUT2D eigenvalue weighted by molar-refractivity contribution is 6.36. The summed E-state index contributed by atoms with van der Waals surface area (Å²) in [5.74, 6) is 1.67. The van der Waals surface area contributed by atoms with Crippen LogP contribution in [0.4, 0.5) is 0 Å². The van der Waals surface area contributed by atoms with E-state index in [4.69, 9.17) is 31.0 Å². The molecule has 2 aromatic heterocycles. The van der Waals surface area contributed by atoms with Gasteiger partial charge in [0.25, 0.3) is 0 Å². The van der Waals surface area contributed by atoms with E-state index in [0.717, 1.165) is 60.2 Å². The second kappa shape index (κ2) is 9.01. The van der Waals surface area contributed by atoms with Gasteiger partial charge in [-0.3, -0.25) is 0 Å². The zero-order valence-corrected chi connectivity index (χ0v) is 21.9. The highest BCUT2D eigenvalue weighted by Gasteiger charge is 2.21. The van der Waals surface area contributed by atoms with E-state index in [0.29, 0.717) is 22.5 Å². The molecule has 0 fully saturated rings. The molecule has 0 bridgehead atoms. The number of hydrogen-bond acceptors (Lipinski definition) is 4. The molecule has 0 amide bonds. The highest BCUT2D eigenvalue weighted by Crippen LogP contribution is 2.41. The molecule has 0 atom stereocenters. The third-order valence-electron chi connectivity index (χ3n) is 7.35. The first-order valence-electron chi connectivity index (χ1n) is 13.1. The predicted octanol–water partition coefficient (Wildman–Crippen LogP) is 9.73. The van der Waals surface area contributed by atoms with Crippen molar-refractivity contribution in [1.29, 1.82) is 0 Å². The molecule has 0 saturated carbocycles. The summed E-state index contributed by atoms with van der Waals surface area (Å²) in [5.41, 5.74) is 4.07. The Hall–Kier alpha value is -5.06. The molecule has 0 unspecified atom stereocenters. The fourth-order valence-electron chi connectivity index (χ4n) is 5.41. The minimum absolute atomic E-state index is 0.503. The third kappa shape index (κ3) is 3.73. The second-order valence-electron chi connectivity index (χ2n) is 9.83. The van der Waals surface area contributed by atoms with Crippen molar-refractivity contribution in [2.45, 2.75) is 0 Å². The van der Waals surface area contributed by atoms with E-state index in [-0.39, 0.29) is 0 Å². The number of fused-ring (bicyclic) bond motifs is 5. The standard InChI is InChI=1S/C35H20ClN3O/c36-28-16-17-29-31(27-19-24-12-6-7-13-25(24)20-30(27)40-29)32(28)35-38-33(22-9-2-1-3-10-22)37-34(39-35)26-15-14-21-8-4-5-11-23(21)18-26/h1-20H. The molecule has 2 heterocycles. The molecule has 0 N–H and O–H groups in total. The zero-order valence-electron chi connectivity index (χ0n) is 21.2. The van der Waals surface area contributed by atoms with Crippen molar-refractivity contribution in [2.24, 2.45) is 0 Å². The third-order valence-corrected chi connectivity index (χ3v) is 7.67. The Balaban J connectivity index is 1.43. The first kappa shape index (κ1) is 22.9. The maximum Gasteiger partial charge on any atom is 0.166 e. The minimum atomic E-state index is 0.503. The molecule has 40 heavy (non-hydrogen) atoms. The van der Waals surface area contributed by atoms with Crippen molar-refractivity contribution in [3.63, 3.8) is 0 Å². The smallest absolute Gasteiger partial charge is 0.166 e. The van der Waals surface area contributed by atoms with Crippen molar-refractivity contribution < 1.29 is 4.42 Å². The van der Waals surface area contributed by atoms with Gasteiger partial charge >= 0.3 is 0 Å². The Morgan fingerprint density at radius 1 is 0.475 bits per heavy atom. The minimum Gasteiger partial charge on any atom is -0.456 e. The normalized spacial score (nSPS) is 11.6. The number of halogens is 1. The number of rotatable bonds is 3. The Labute approximate surface area is 234 Å². The first-order chi connectivity index (χ1) is 19.7. The van der Waals surface area contributed by atoms with E-state index in [9.17, 15) is 0 Å². The number of aromatic nitrogens is 3. The summed E-state index contributed by atoms with van der Waals surface area (Å²) < 4.78 is 6.33. The quantitative estimate of drug-likeness (QED) is 0.227. The van der Waals surface area contributed by atoms with Crippen molar-refractivity contribution in [2.75, 3.05) is 0 Å². The van der Waals surface area contributed by atoms with Crippen LogP contribution in [0.25, 0.3) is 77.6 Å². The van der Waals surface area contributed by atoms with Crippen LogP contribution in [0.5, 0.6) is 0 Å². The number of furan rings is 1. The van der Waals surface area contributed by atoms with E-state index < -0.39 is 0 Å². The lowest BCUT2D eigenvalue weighted by atomic mass is 10.0. The molecule has 0 saturated heterocycles. The maximum atomic E-state index is 6.95. The van der Waals surface area contributed by atoms with Gasteiger partial charge in [0.1, 0.15) is 11.2 Å². The topological polar surface area (TPSA) is 51.8 Å². The Kier molecular flexibility index (Phi) is 5.15. The van der Waals surface area contributed by atoms with Gasteiger partial charge in [0, 0.05) is 27.5 Å². The predicted molar refractivity (Wildman–Crippen MR) is 163 cm³/mol. The average Bonchev–Trinajstić information content (AvgIpc) is 3.37. The van der Waals surface area contributed by atoms with Gasteiger partial charge in [-0.1, -0.05) is 103 Å². The van der Waals surface area contributed by atoms with Gasteiger partial charge in [0.05, 0.1) is 5.02 Å². The zero-order chi connectivity index (χ0) is 26.6. The molecule has 188 valence electrons. The highest BCUT2D eigenvalue weighted by atomic mass is 35.5. The molecule has 5 heteroatoms. The van der Waals surface area contributed by atoms with Crippen molar-refractivity contribution in [1.82, 2.24) is 15.0 Å². The van der Waals surface area contributed by atoms with Crippen LogP contribution in [0.3, 0.4) is 0 Å². The van der Waals surface area contributed by atoms with Gasteiger partial charge in [0.2, 0.25) is 0 Å². The molecule has 0 aliphatic carbocycles. The van der Waals surface area contributed by atoms with Gasteiger partial charge in [-0.2, -0.15) is 0 Å². The van der Waals surface area contributed by atoms with Gasteiger partial charge in [-0.25, -0.2) is 15.0 Å². The summed E-state index contributed by atoms with van der Waals surface area (Å²) in [7, 11) is 0. The first-order valence-corrected chi connectivity index (χ1v) is 13.4. The lowest BCUT2D eigenvalue weighted by molar-refractivity contribution is 0.669. The molecule has 0 radical (unpaired) electrons. The van der Waals surface area contributed by atoms with E-state index >= 15 is 0 Å². The average molecular weight is 534 g/mol. The van der Waals surface area contributed by atoms with E-state index in [1.165, 1.54) is 0 Å². The molecule has 6 aromatic carbocycles. The van der Waals surface area contributed by atoms with E-state index in [2.05, 4.69) is 54.6 Å². The largest absolute Gasteiger partial charge is 0.456 e. The summed E-state index contributed by atoms with van der Waals surface area (Å²) in [6.07, 6.45) is 0. The Morgan fingerprint density at radius 3 is 1.88 bits per heavy atom. The van der Waals surface area contributed by atoms with Crippen molar-refractivity contribution >= 4 is 55.1 Å². The molecule has 8 rings (SSSR count).